The Morgan fingerprint density at radius 3 is 2.86 bits per heavy atom. The third-order valence-electron chi connectivity index (χ3n) is 3.97. The number of ether oxygens (including phenoxy) is 1. The van der Waals surface area contributed by atoms with Crippen LogP contribution in [0.2, 0.25) is 0 Å². The molecule has 3 rings (SSSR count). The molecule has 1 amide bonds. The molecule has 0 saturated carbocycles. The Bertz CT molecular complexity index is 643. The number of hydrogen-bond donors (Lipinski definition) is 0. The van der Waals surface area contributed by atoms with Crippen LogP contribution in [0.25, 0.3) is 0 Å². The van der Waals surface area contributed by atoms with Crippen molar-refractivity contribution in [2.24, 2.45) is 0 Å². The molecule has 2 heterocycles. The van der Waals surface area contributed by atoms with Crippen molar-refractivity contribution in [3.05, 3.63) is 65.5 Å². The molecule has 0 aliphatic carbocycles. The molecule has 1 fully saturated rings. The summed E-state index contributed by atoms with van der Waals surface area (Å²) in [6, 6.07) is 13.9. The summed E-state index contributed by atoms with van der Waals surface area (Å²) in [6.07, 6.45) is 2.59. The van der Waals surface area contributed by atoms with Crippen LogP contribution in [0.5, 0.6) is 0 Å². The Morgan fingerprint density at radius 1 is 1.27 bits per heavy atom. The fourth-order valence-corrected chi connectivity index (χ4v) is 2.78. The molecule has 0 spiro atoms. The summed E-state index contributed by atoms with van der Waals surface area (Å²) in [5.41, 5.74) is 2.70. The molecule has 0 bridgehead atoms. The number of hydrogen-bond acceptors (Lipinski definition) is 3. The average Bonchev–Trinajstić information content (AvgIpc) is 2.56. The van der Waals surface area contributed by atoms with Crippen molar-refractivity contribution in [1.29, 1.82) is 0 Å². The summed E-state index contributed by atoms with van der Waals surface area (Å²) in [5, 5.41) is 0. The highest BCUT2D eigenvalue weighted by Gasteiger charge is 2.26. The van der Waals surface area contributed by atoms with E-state index in [9.17, 15) is 4.79 Å². The first kappa shape index (κ1) is 14.7. The van der Waals surface area contributed by atoms with Gasteiger partial charge in [0, 0.05) is 31.4 Å². The van der Waals surface area contributed by atoms with E-state index >= 15 is 0 Å². The molecular formula is C18H20N2O2. The Labute approximate surface area is 130 Å². The fraction of sp³-hybridized carbons (Fsp3) is 0.333. The van der Waals surface area contributed by atoms with Crippen molar-refractivity contribution in [3.63, 3.8) is 0 Å². The number of rotatable bonds is 3. The second-order valence-electron chi connectivity index (χ2n) is 5.57. The van der Waals surface area contributed by atoms with E-state index in [0.717, 1.165) is 12.1 Å². The van der Waals surface area contributed by atoms with Gasteiger partial charge in [0.25, 0.3) is 5.91 Å². The van der Waals surface area contributed by atoms with Crippen molar-refractivity contribution >= 4 is 5.91 Å². The van der Waals surface area contributed by atoms with E-state index in [1.54, 1.807) is 6.20 Å². The number of morpholine rings is 1. The number of aromatic nitrogens is 1. The van der Waals surface area contributed by atoms with E-state index in [0.29, 0.717) is 25.3 Å². The predicted molar refractivity (Wildman–Crippen MR) is 84.8 cm³/mol. The largest absolute Gasteiger partial charge is 0.374 e. The Hall–Kier alpha value is -2.20. The van der Waals surface area contributed by atoms with Gasteiger partial charge in [-0.3, -0.25) is 9.78 Å². The molecule has 1 aliphatic heterocycles. The molecule has 4 heteroatoms. The van der Waals surface area contributed by atoms with Crippen molar-refractivity contribution in [1.82, 2.24) is 9.88 Å². The predicted octanol–water partition coefficient (Wildman–Crippen LogP) is 2.47. The lowest BCUT2D eigenvalue weighted by molar-refractivity contribution is -0.0208. The molecule has 22 heavy (non-hydrogen) atoms. The molecule has 1 aliphatic rings. The third kappa shape index (κ3) is 3.34. The van der Waals surface area contributed by atoms with E-state index in [1.165, 1.54) is 5.56 Å². The molecular weight excluding hydrogens is 276 g/mol. The number of nitrogens with zero attached hydrogens (tertiary/aromatic N) is 2. The Balaban J connectivity index is 1.68. The zero-order chi connectivity index (χ0) is 15.4. The monoisotopic (exact) mass is 296 g/mol. The first-order valence-corrected chi connectivity index (χ1v) is 7.60. The second kappa shape index (κ2) is 6.71. The van der Waals surface area contributed by atoms with Crippen LogP contribution in [0, 0.1) is 6.92 Å². The van der Waals surface area contributed by atoms with E-state index in [-0.39, 0.29) is 12.0 Å². The average molecular weight is 296 g/mol. The molecule has 0 unspecified atom stereocenters. The number of carbonyl (C=O) groups is 1. The van der Waals surface area contributed by atoms with Gasteiger partial charge in [-0.2, -0.15) is 0 Å². The lowest BCUT2D eigenvalue weighted by Gasteiger charge is -2.33. The summed E-state index contributed by atoms with van der Waals surface area (Å²) in [7, 11) is 0. The van der Waals surface area contributed by atoms with Gasteiger partial charge in [-0.05, 0) is 24.6 Å². The van der Waals surface area contributed by atoms with Crippen LogP contribution in [0.3, 0.4) is 0 Å². The fourth-order valence-electron chi connectivity index (χ4n) is 2.78. The highest BCUT2D eigenvalue weighted by atomic mass is 16.5. The number of aryl methyl sites for hydroxylation is 1. The summed E-state index contributed by atoms with van der Waals surface area (Å²) in [6.45, 7) is 3.72. The SMILES string of the molecule is Cc1ncccc1C(=O)N1CCO[C@H](Cc2ccccc2)C1. The zero-order valence-electron chi connectivity index (χ0n) is 12.7. The van der Waals surface area contributed by atoms with E-state index < -0.39 is 0 Å². The Morgan fingerprint density at radius 2 is 2.09 bits per heavy atom. The van der Waals surface area contributed by atoms with Crippen LogP contribution < -0.4 is 0 Å². The maximum absolute atomic E-state index is 12.6. The van der Waals surface area contributed by atoms with E-state index in [1.807, 2.05) is 42.2 Å². The van der Waals surface area contributed by atoms with Gasteiger partial charge < -0.3 is 9.64 Å². The molecule has 1 aromatic heterocycles. The van der Waals surface area contributed by atoms with Crippen LogP contribution in [0.1, 0.15) is 21.6 Å². The van der Waals surface area contributed by atoms with Crippen LogP contribution in [-0.4, -0.2) is 41.6 Å². The number of benzene rings is 1. The molecule has 0 N–H and O–H groups in total. The minimum Gasteiger partial charge on any atom is -0.374 e. The number of pyridine rings is 1. The van der Waals surface area contributed by atoms with Gasteiger partial charge in [0.2, 0.25) is 0 Å². The van der Waals surface area contributed by atoms with Gasteiger partial charge in [0.1, 0.15) is 0 Å². The molecule has 1 atom stereocenters. The lowest BCUT2D eigenvalue weighted by atomic mass is 10.1. The first-order chi connectivity index (χ1) is 10.7. The van der Waals surface area contributed by atoms with Gasteiger partial charge in [0.05, 0.1) is 18.3 Å². The standard InChI is InChI=1S/C18H20N2O2/c1-14-17(8-5-9-19-14)18(21)20-10-11-22-16(13-20)12-15-6-3-2-4-7-15/h2-9,16H,10-13H2,1H3/t16-/m1/s1. The zero-order valence-corrected chi connectivity index (χ0v) is 12.7. The van der Waals surface area contributed by atoms with E-state index in [4.69, 9.17) is 4.74 Å². The summed E-state index contributed by atoms with van der Waals surface area (Å²) in [4.78, 5) is 18.7. The Kier molecular flexibility index (Phi) is 4.49. The minimum atomic E-state index is 0.0481. The van der Waals surface area contributed by atoms with Gasteiger partial charge >= 0.3 is 0 Å². The smallest absolute Gasteiger partial charge is 0.255 e. The number of carbonyl (C=O) groups excluding carboxylic acids is 1. The molecule has 4 nitrogen and oxygen atoms in total. The van der Waals surface area contributed by atoms with Crippen molar-refractivity contribution in [2.75, 3.05) is 19.7 Å². The normalized spacial score (nSPS) is 18.2. The minimum absolute atomic E-state index is 0.0481. The lowest BCUT2D eigenvalue weighted by Crippen LogP contribution is -2.46. The van der Waals surface area contributed by atoms with E-state index in [2.05, 4.69) is 17.1 Å². The van der Waals surface area contributed by atoms with Crippen molar-refractivity contribution < 1.29 is 9.53 Å². The summed E-state index contributed by atoms with van der Waals surface area (Å²) >= 11 is 0. The van der Waals surface area contributed by atoms with Crippen LogP contribution in [-0.2, 0) is 11.2 Å². The van der Waals surface area contributed by atoms with Crippen LogP contribution in [0.4, 0.5) is 0 Å². The molecule has 1 aromatic carbocycles. The number of amides is 1. The first-order valence-electron chi connectivity index (χ1n) is 7.60. The van der Waals surface area contributed by atoms with Crippen LogP contribution >= 0.6 is 0 Å². The maximum atomic E-state index is 12.6. The van der Waals surface area contributed by atoms with Gasteiger partial charge in [-0.1, -0.05) is 30.3 Å². The maximum Gasteiger partial charge on any atom is 0.255 e. The third-order valence-corrected chi connectivity index (χ3v) is 3.97. The topological polar surface area (TPSA) is 42.4 Å². The second-order valence-corrected chi connectivity index (χ2v) is 5.57. The van der Waals surface area contributed by atoms with Crippen molar-refractivity contribution in [3.8, 4) is 0 Å². The molecule has 1 saturated heterocycles. The summed E-state index contributed by atoms with van der Waals surface area (Å²) in [5.74, 6) is 0.0481. The summed E-state index contributed by atoms with van der Waals surface area (Å²) < 4.78 is 5.82. The van der Waals surface area contributed by atoms with Crippen LogP contribution in [0.15, 0.2) is 48.7 Å². The molecule has 2 aromatic rings. The highest BCUT2D eigenvalue weighted by molar-refractivity contribution is 5.95. The van der Waals surface area contributed by atoms with Gasteiger partial charge in [-0.25, -0.2) is 0 Å². The molecule has 0 radical (unpaired) electrons. The quantitative estimate of drug-likeness (QED) is 0.874. The van der Waals surface area contributed by atoms with Crippen molar-refractivity contribution in [2.45, 2.75) is 19.4 Å². The van der Waals surface area contributed by atoms with Gasteiger partial charge in [-0.15, -0.1) is 0 Å². The molecule has 114 valence electrons. The van der Waals surface area contributed by atoms with Gasteiger partial charge in [0.15, 0.2) is 0 Å². The highest BCUT2D eigenvalue weighted by Crippen LogP contribution is 2.15.